The molecule has 4 rings (SSSR count). The summed E-state index contributed by atoms with van der Waals surface area (Å²) in [6.45, 7) is 2.39. The lowest BCUT2D eigenvalue weighted by atomic mass is 10.1. The molecule has 2 fully saturated rings. The second-order valence-corrected chi connectivity index (χ2v) is 6.83. The number of anilines is 1. The third kappa shape index (κ3) is 3.36. The predicted molar refractivity (Wildman–Crippen MR) is 96.2 cm³/mol. The van der Waals surface area contributed by atoms with Crippen LogP contribution in [0.1, 0.15) is 30.4 Å². The number of carbonyl (C=O) groups is 2. The van der Waals surface area contributed by atoms with Crippen molar-refractivity contribution in [2.45, 2.75) is 37.9 Å². The van der Waals surface area contributed by atoms with Crippen LogP contribution in [0.25, 0.3) is 0 Å². The molecule has 136 valence electrons. The monoisotopic (exact) mass is 354 g/mol. The number of para-hydroxylation sites is 1. The minimum atomic E-state index is -0.355. The maximum absolute atomic E-state index is 12.6. The van der Waals surface area contributed by atoms with Crippen LogP contribution in [0, 0.1) is 6.92 Å². The highest BCUT2D eigenvalue weighted by atomic mass is 16.3. The Morgan fingerprint density at radius 1 is 1.19 bits per heavy atom. The number of rotatable bonds is 4. The Hall–Kier alpha value is -2.64. The molecule has 0 saturated carbocycles. The van der Waals surface area contributed by atoms with Crippen molar-refractivity contribution in [2.24, 2.45) is 0 Å². The minimum Gasteiger partial charge on any atom is -0.465 e. The van der Waals surface area contributed by atoms with Gasteiger partial charge < -0.3 is 14.6 Å². The highest BCUT2D eigenvalue weighted by Crippen LogP contribution is 2.25. The number of carbonyl (C=O) groups excluding carboxylic acids is 2. The van der Waals surface area contributed by atoms with Crippen LogP contribution in [-0.4, -0.2) is 30.4 Å². The third-order valence-electron chi connectivity index (χ3n) is 4.86. The number of nitrogens with one attached hydrogen (secondary N) is 3. The van der Waals surface area contributed by atoms with E-state index in [0.29, 0.717) is 19.4 Å². The number of hydrogen-bond acceptors (Lipinski definition) is 5. The summed E-state index contributed by atoms with van der Waals surface area (Å²) in [6.07, 6.45) is 0.920. The second kappa shape index (κ2) is 6.93. The molecule has 2 aliphatic rings. The van der Waals surface area contributed by atoms with Crippen LogP contribution in [0.2, 0.25) is 0 Å². The molecule has 2 aromatic rings. The van der Waals surface area contributed by atoms with Crippen molar-refractivity contribution >= 4 is 17.5 Å². The summed E-state index contributed by atoms with van der Waals surface area (Å²) in [5.41, 5.74) is 6.99. The summed E-state index contributed by atoms with van der Waals surface area (Å²) >= 11 is 0. The topological polar surface area (TPSA) is 86.6 Å². The van der Waals surface area contributed by atoms with Crippen LogP contribution < -0.4 is 21.1 Å². The van der Waals surface area contributed by atoms with E-state index in [4.69, 9.17) is 4.42 Å². The number of hydrogen-bond donors (Lipinski definition) is 3. The first-order valence-electron chi connectivity index (χ1n) is 8.83. The largest absolute Gasteiger partial charge is 0.465 e. The van der Waals surface area contributed by atoms with Gasteiger partial charge in [-0.2, -0.15) is 0 Å². The second-order valence-electron chi connectivity index (χ2n) is 6.83. The van der Waals surface area contributed by atoms with E-state index in [9.17, 15) is 9.59 Å². The van der Waals surface area contributed by atoms with E-state index in [2.05, 4.69) is 16.2 Å². The lowest BCUT2D eigenvalue weighted by Gasteiger charge is -2.18. The van der Waals surface area contributed by atoms with Gasteiger partial charge >= 0.3 is 0 Å². The first-order valence-corrected chi connectivity index (χ1v) is 8.83. The van der Waals surface area contributed by atoms with Crippen molar-refractivity contribution < 1.29 is 14.0 Å². The zero-order valence-corrected chi connectivity index (χ0v) is 14.6. The molecule has 3 N–H and O–H groups in total. The fourth-order valence-corrected chi connectivity index (χ4v) is 3.52. The fraction of sp³-hybridized carbons (Fsp3) is 0.368. The molecule has 26 heavy (non-hydrogen) atoms. The Morgan fingerprint density at radius 2 is 2.00 bits per heavy atom. The van der Waals surface area contributed by atoms with Crippen molar-refractivity contribution in [2.75, 3.05) is 11.4 Å². The average molecular weight is 354 g/mol. The Morgan fingerprint density at radius 3 is 2.73 bits per heavy atom. The Kier molecular flexibility index (Phi) is 4.48. The third-order valence-corrected chi connectivity index (χ3v) is 4.86. The van der Waals surface area contributed by atoms with Gasteiger partial charge in [0.05, 0.1) is 12.1 Å². The maximum Gasteiger partial charge on any atom is 0.238 e. The number of amides is 2. The molecule has 3 atom stereocenters. The van der Waals surface area contributed by atoms with Crippen molar-refractivity contribution in [3.05, 3.63) is 54.0 Å². The Bertz CT molecular complexity index is 804. The number of aryl methyl sites for hydroxylation is 1. The van der Waals surface area contributed by atoms with Gasteiger partial charge in [0.1, 0.15) is 17.6 Å². The lowest BCUT2D eigenvalue weighted by molar-refractivity contribution is -0.123. The van der Waals surface area contributed by atoms with Gasteiger partial charge in [-0.15, -0.1) is 0 Å². The number of benzene rings is 1. The molecule has 0 bridgehead atoms. The van der Waals surface area contributed by atoms with E-state index in [1.54, 1.807) is 4.90 Å². The van der Waals surface area contributed by atoms with E-state index in [1.807, 2.05) is 49.4 Å². The van der Waals surface area contributed by atoms with Gasteiger partial charge in [-0.1, -0.05) is 18.2 Å². The molecule has 0 radical (unpaired) electrons. The van der Waals surface area contributed by atoms with E-state index in [-0.39, 0.29) is 29.9 Å². The molecular formula is C19H22N4O3. The smallest absolute Gasteiger partial charge is 0.238 e. The highest BCUT2D eigenvalue weighted by molar-refractivity contribution is 5.97. The van der Waals surface area contributed by atoms with Gasteiger partial charge in [0, 0.05) is 18.7 Å². The van der Waals surface area contributed by atoms with Gasteiger partial charge in [0.25, 0.3) is 0 Å². The Balaban J connectivity index is 1.33. The average Bonchev–Trinajstić information content (AvgIpc) is 3.35. The molecule has 2 amide bonds. The van der Waals surface area contributed by atoms with Gasteiger partial charge in [0.15, 0.2) is 0 Å². The maximum atomic E-state index is 12.6. The Labute approximate surface area is 151 Å². The van der Waals surface area contributed by atoms with Crippen molar-refractivity contribution in [1.82, 2.24) is 16.2 Å². The molecule has 7 nitrogen and oxygen atoms in total. The molecule has 3 heterocycles. The summed E-state index contributed by atoms with van der Waals surface area (Å²) in [4.78, 5) is 26.5. The summed E-state index contributed by atoms with van der Waals surface area (Å²) in [5.74, 6) is 1.59. The minimum absolute atomic E-state index is 0.0305. The lowest BCUT2D eigenvalue weighted by Crippen LogP contribution is -2.47. The van der Waals surface area contributed by atoms with Crippen LogP contribution in [0.15, 0.2) is 46.9 Å². The molecule has 0 spiro atoms. The fourth-order valence-electron chi connectivity index (χ4n) is 3.52. The van der Waals surface area contributed by atoms with Gasteiger partial charge in [-0.3, -0.25) is 9.59 Å². The standard InChI is InChI=1S/C19H22N4O3/c1-12-7-8-17(26-12)15-10-16(22-21-15)19(25)20-13-9-18(24)23(11-13)14-5-3-2-4-6-14/h2-8,13,15-16,21-22H,9-11H2,1H3,(H,20,25). The molecule has 2 saturated heterocycles. The predicted octanol–water partition coefficient (Wildman–Crippen LogP) is 1.42. The van der Waals surface area contributed by atoms with Gasteiger partial charge in [-0.25, -0.2) is 10.9 Å². The van der Waals surface area contributed by atoms with Gasteiger partial charge in [-0.05, 0) is 37.6 Å². The zero-order valence-electron chi connectivity index (χ0n) is 14.6. The zero-order chi connectivity index (χ0) is 18.1. The summed E-state index contributed by atoms with van der Waals surface area (Å²) in [6, 6.07) is 12.8. The van der Waals surface area contributed by atoms with E-state index in [0.717, 1.165) is 17.2 Å². The summed E-state index contributed by atoms with van der Waals surface area (Å²) in [5, 5.41) is 2.99. The van der Waals surface area contributed by atoms with Crippen molar-refractivity contribution in [3.8, 4) is 0 Å². The van der Waals surface area contributed by atoms with Gasteiger partial charge in [0.2, 0.25) is 11.8 Å². The van der Waals surface area contributed by atoms with E-state index in [1.165, 1.54) is 0 Å². The summed E-state index contributed by atoms with van der Waals surface area (Å²) < 4.78 is 5.62. The van der Waals surface area contributed by atoms with Crippen LogP contribution >= 0.6 is 0 Å². The highest BCUT2D eigenvalue weighted by Gasteiger charge is 2.36. The normalized spacial score (nSPS) is 25.7. The number of nitrogens with zero attached hydrogens (tertiary/aromatic N) is 1. The molecule has 2 aliphatic heterocycles. The molecule has 7 heteroatoms. The number of hydrazine groups is 1. The molecule has 1 aromatic carbocycles. The van der Waals surface area contributed by atoms with E-state index < -0.39 is 0 Å². The quantitative estimate of drug-likeness (QED) is 0.773. The molecule has 0 aliphatic carbocycles. The van der Waals surface area contributed by atoms with Crippen molar-refractivity contribution in [3.63, 3.8) is 0 Å². The first kappa shape index (κ1) is 16.8. The molecule has 1 aromatic heterocycles. The number of furan rings is 1. The van der Waals surface area contributed by atoms with Crippen LogP contribution in [0.4, 0.5) is 5.69 Å². The van der Waals surface area contributed by atoms with Crippen LogP contribution in [-0.2, 0) is 9.59 Å². The van der Waals surface area contributed by atoms with Crippen LogP contribution in [0.5, 0.6) is 0 Å². The SMILES string of the molecule is Cc1ccc(C2CC(C(=O)NC3CC(=O)N(c4ccccc4)C3)NN2)o1. The summed E-state index contributed by atoms with van der Waals surface area (Å²) in [7, 11) is 0. The van der Waals surface area contributed by atoms with Crippen molar-refractivity contribution in [1.29, 1.82) is 0 Å². The molecular weight excluding hydrogens is 332 g/mol. The first-order chi connectivity index (χ1) is 12.6. The molecule has 3 unspecified atom stereocenters. The van der Waals surface area contributed by atoms with Crippen LogP contribution in [0.3, 0.4) is 0 Å². The van der Waals surface area contributed by atoms with E-state index >= 15 is 0 Å².